The molecule has 1 atom stereocenters. The topological polar surface area (TPSA) is 51.0 Å². The standard InChI is InChI=1S/C48H40N4.C2H2/c1-5-43(49-6-2)31-21-19-30(20-22-31)33-23-24-34-27-35-15-12-17-38(44(35)39(34)28-33)47-51-45(32-13-8-7-9-14-32)50-46(52-47)36-25-26-42-40(29-36)37-16-10-11-18-41(37)48(42,3)4;1-2/h5-21,23-26,28-29,31H,22,27H2,1-4H3;1-2H/b43-5-,49-6?;. The van der Waals surface area contributed by atoms with Crippen molar-refractivity contribution >= 4 is 11.8 Å². The summed E-state index contributed by atoms with van der Waals surface area (Å²) in [6, 6.07) is 39.2. The van der Waals surface area contributed by atoms with Crippen molar-refractivity contribution in [2.24, 2.45) is 10.9 Å². The quantitative estimate of drug-likeness (QED) is 0.128. The number of allylic oxidation sites excluding steroid dienone is 5. The Labute approximate surface area is 318 Å². The molecule has 9 rings (SSSR count). The van der Waals surface area contributed by atoms with Crippen LogP contribution in [0.1, 0.15) is 61.9 Å². The minimum absolute atomic E-state index is 0.0645. The SMILES string of the molecule is C#C.CC=N/C(=C\C)C1C=CC(c2ccc3c(c2)-c2c(cccc2-c2nc(-c4ccccc4)nc(-c4ccc5c(c4)-c4ccccc4C5(C)C)n2)C3)=CC1. The minimum atomic E-state index is -0.0645. The average molecular weight is 699 g/mol. The second-order valence-corrected chi connectivity index (χ2v) is 14.5. The van der Waals surface area contributed by atoms with E-state index in [1.165, 1.54) is 55.6 Å². The lowest BCUT2D eigenvalue weighted by molar-refractivity contribution is 0.660. The van der Waals surface area contributed by atoms with Gasteiger partial charge in [0.1, 0.15) is 0 Å². The molecule has 0 spiro atoms. The smallest absolute Gasteiger partial charge is 0.164 e. The van der Waals surface area contributed by atoms with Gasteiger partial charge in [-0.15, -0.1) is 12.8 Å². The van der Waals surface area contributed by atoms with Gasteiger partial charge in [-0.2, -0.15) is 0 Å². The molecule has 0 aliphatic heterocycles. The summed E-state index contributed by atoms with van der Waals surface area (Å²) < 4.78 is 0. The maximum atomic E-state index is 5.27. The van der Waals surface area contributed by atoms with E-state index in [4.69, 9.17) is 15.0 Å². The van der Waals surface area contributed by atoms with Crippen molar-refractivity contribution in [2.45, 2.75) is 46.0 Å². The second-order valence-electron chi connectivity index (χ2n) is 14.5. The highest BCUT2D eigenvalue weighted by atomic mass is 15.0. The first-order valence-electron chi connectivity index (χ1n) is 18.6. The zero-order valence-electron chi connectivity index (χ0n) is 31.2. The Kier molecular flexibility index (Phi) is 9.09. The molecule has 0 amide bonds. The van der Waals surface area contributed by atoms with Gasteiger partial charge < -0.3 is 0 Å². The first-order valence-corrected chi connectivity index (χ1v) is 18.6. The lowest BCUT2D eigenvalue weighted by atomic mass is 9.82. The van der Waals surface area contributed by atoms with E-state index in [2.05, 4.69) is 154 Å². The highest BCUT2D eigenvalue weighted by Gasteiger charge is 2.35. The molecule has 0 bridgehead atoms. The fraction of sp³-hybridized carbons (Fsp3) is 0.160. The average Bonchev–Trinajstić information content (AvgIpc) is 3.72. The molecule has 0 fully saturated rings. The molecule has 1 unspecified atom stereocenters. The first kappa shape index (κ1) is 34.6. The van der Waals surface area contributed by atoms with E-state index in [9.17, 15) is 0 Å². The third kappa shape index (κ3) is 5.93. The van der Waals surface area contributed by atoms with Gasteiger partial charge in [-0.05, 0) is 94.5 Å². The number of aliphatic imine (C=N–C) groups is 1. The van der Waals surface area contributed by atoms with Crippen molar-refractivity contribution in [3.63, 3.8) is 0 Å². The molecule has 4 heteroatoms. The highest BCUT2D eigenvalue weighted by Crippen LogP contribution is 2.50. The summed E-state index contributed by atoms with van der Waals surface area (Å²) in [5.74, 6) is 2.34. The third-order valence-electron chi connectivity index (χ3n) is 11.0. The summed E-state index contributed by atoms with van der Waals surface area (Å²) >= 11 is 0. The van der Waals surface area contributed by atoms with Gasteiger partial charge in [0.05, 0.1) is 0 Å². The normalized spacial score (nSPS) is 16.1. The molecule has 0 saturated carbocycles. The van der Waals surface area contributed by atoms with Gasteiger partial charge >= 0.3 is 0 Å². The van der Waals surface area contributed by atoms with Gasteiger partial charge in [0, 0.05) is 39.9 Å². The van der Waals surface area contributed by atoms with Gasteiger partial charge in [-0.3, -0.25) is 4.99 Å². The molecule has 6 aromatic rings. The van der Waals surface area contributed by atoms with Crippen molar-refractivity contribution in [1.29, 1.82) is 0 Å². The summed E-state index contributed by atoms with van der Waals surface area (Å²) in [6.45, 7) is 8.66. The summed E-state index contributed by atoms with van der Waals surface area (Å²) in [6.07, 6.45) is 20.7. The van der Waals surface area contributed by atoms with E-state index in [1.807, 2.05) is 31.3 Å². The Hall–Kier alpha value is -6.44. The summed E-state index contributed by atoms with van der Waals surface area (Å²) in [4.78, 5) is 20.2. The zero-order chi connectivity index (χ0) is 37.4. The molecular weight excluding hydrogens is 657 g/mol. The number of rotatable bonds is 6. The molecule has 1 heterocycles. The number of benzene rings is 5. The van der Waals surface area contributed by atoms with Crippen LogP contribution in [0.3, 0.4) is 0 Å². The third-order valence-corrected chi connectivity index (χ3v) is 11.0. The zero-order valence-corrected chi connectivity index (χ0v) is 31.2. The van der Waals surface area contributed by atoms with E-state index in [-0.39, 0.29) is 5.41 Å². The predicted octanol–water partition coefficient (Wildman–Crippen LogP) is 12.0. The molecule has 3 aliphatic rings. The van der Waals surface area contributed by atoms with E-state index in [0.29, 0.717) is 23.4 Å². The molecule has 262 valence electrons. The van der Waals surface area contributed by atoms with Crippen molar-refractivity contribution < 1.29 is 0 Å². The molecule has 5 aromatic carbocycles. The van der Waals surface area contributed by atoms with Crippen LogP contribution in [0, 0.1) is 18.8 Å². The van der Waals surface area contributed by atoms with Crippen LogP contribution in [0.4, 0.5) is 0 Å². The number of fused-ring (bicyclic) bond motifs is 6. The molecule has 1 aromatic heterocycles. The molecule has 54 heavy (non-hydrogen) atoms. The number of hydrogen-bond donors (Lipinski definition) is 0. The van der Waals surface area contributed by atoms with Crippen LogP contribution in [-0.2, 0) is 11.8 Å². The van der Waals surface area contributed by atoms with Crippen LogP contribution in [0.25, 0.3) is 62.0 Å². The molecular formula is C50H42N4. The van der Waals surface area contributed by atoms with E-state index in [1.54, 1.807) is 0 Å². The molecule has 0 radical (unpaired) electrons. The number of aromatic nitrogens is 3. The molecule has 4 nitrogen and oxygen atoms in total. The number of nitrogens with zero attached hydrogens (tertiary/aromatic N) is 4. The Morgan fingerprint density at radius 3 is 2.11 bits per heavy atom. The maximum Gasteiger partial charge on any atom is 0.164 e. The number of terminal acetylenes is 1. The van der Waals surface area contributed by atoms with Crippen LogP contribution < -0.4 is 0 Å². The Morgan fingerprint density at radius 2 is 1.35 bits per heavy atom. The van der Waals surface area contributed by atoms with Crippen LogP contribution in [0.5, 0.6) is 0 Å². The minimum Gasteiger partial charge on any atom is -0.266 e. The second kappa shape index (κ2) is 14.2. The first-order chi connectivity index (χ1) is 26.4. The van der Waals surface area contributed by atoms with Gasteiger partial charge in [0.15, 0.2) is 17.5 Å². The fourth-order valence-corrected chi connectivity index (χ4v) is 8.39. The Morgan fingerprint density at radius 1 is 0.667 bits per heavy atom. The molecule has 3 aliphatic carbocycles. The van der Waals surface area contributed by atoms with E-state index < -0.39 is 0 Å². The summed E-state index contributed by atoms with van der Waals surface area (Å²) in [5, 5.41) is 0. The Bertz CT molecular complexity index is 2560. The van der Waals surface area contributed by atoms with Gasteiger partial charge in [-0.1, -0.05) is 135 Å². The van der Waals surface area contributed by atoms with E-state index >= 15 is 0 Å². The maximum absolute atomic E-state index is 5.27. The lowest BCUT2D eigenvalue weighted by Gasteiger charge is -2.21. The van der Waals surface area contributed by atoms with Crippen molar-refractivity contribution in [1.82, 2.24) is 15.0 Å². The largest absolute Gasteiger partial charge is 0.266 e. The molecule has 0 N–H and O–H groups in total. The predicted molar refractivity (Wildman–Crippen MR) is 225 cm³/mol. The summed E-state index contributed by atoms with van der Waals surface area (Å²) in [5.41, 5.74) is 16.8. The van der Waals surface area contributed by atoms with Crippen molar-refractivity contribution in [3.8, 4) is 69.3 Å². The van der Waals surface area contributed by atoms with Crippen LogP contribution in [0.15, 0.2) is 144 Å². The number of hydrogen-bond acceptors (Lipinski definition) is 4. The highest BCUT2D eigenvalue weighted by molar-refractivity contribution is 5.91. The summed E-state index contributed by atoms with van der Waals surface area (Å²) in [7, 11) is 0. The van der Waals surface area contributed by atoms with Crippen LogP contribution in [-0.4, -0.2) is 21.2 Å². The fourth-order valence-electron chi connectivity index (χ4n) is 8.39. The van der Waals surface area contributed by atoms with Gasteiger partial charge in [-0.25, -0.2) is 15.0 Å². The van der Waals surface area contributed by atoms with Crippen LogP contribution >= 0.6 is 0 Å². The van der Waals surface area contributed by atoms with Crippen molar-refractivity contribution in [2.75, 3.05) is 0 Å². The van der Waals surface area contributed by atoms with Crippen LogP contribution in [0.2, 0.25) is 0 Å². The lowest BCUT2D eigenvalue weighted by Crippen LogP contribution is -2.14. The van der Waals surface area contributed by atoms with Gasteiger partial charge in [0.25, 0.3) is 0 Å². The Balaban J connectivity index is 0.00000203. The molecule has 0 saturated heterocycles. The van der Waals surface area contributed by atoms with Gasteiger partial charge in [0.2, 0.25) is 0 Å². The van der Waals surface area contributed by atoms with E-state index in [0.717, 1.165) is 35.2 Å². The monoisotopic (exact) mass is 698 g/mol. The van der Waals surface area contributed by atoms with Crippen molar-refractivity contribution in [3.05, 3.63) is 167 Å².